The number of hydrogen-bond donors (Lipinski definition) is 1. The first kappa shape index (κ1) is 20.9. The Kier molecular flexibility index (Phi) is 5.20. The van der Waals surface area contributed by atoms with Gasteiger partial charge in [0.05, 0.1) is 12.7 Å². The van der Waals surface area contributed by atoms with E-state index in [-0.39, 0.29) is 17.0 Å². The van der Waals surface area contributed by atoms with Crippen LogP contribution in [-0.2, 0) is 15.0 Å². The highest BCUT2D eigenvalue weighted by Gasteiger charge is 2.69. The summed E-state index contributed by atoms with van der Waals surface area (Å²) >= 11 is 0. The number of amides is 1. The van der Waals surface area contributed by atoms with Crippen molar-refractivity contribution < 1.29 is 32.2 Å². The largest absolute Gasteiger partial charge is 0.465 e. The Balaban J connectivity index is 1.79. The van der Waals surface area contributed by atoms with E-state index < -0.39 is 53.3 Å². The van der Waals surface area contributed by atoms with Crippen molar-refractivity contribution >= 4 is 17.9 Å². The molecule has 2 aliphatic rings. The number of amidine groups is 1. The number of fused-ring (bicyclic) bond motifs is 1. The van der Waals surface area contributed by atoms with Crippen molar-refractivity contribution in [2.75, 3.05) is 7.11 Å². The number of carbonyl (C=O) groups excluding carboxylic acids is 2. The third kappa shape index (κ3) is 3.43. The number of alkyl halides is 2. The summed E-state index contributed by atoms with van der Waals surface area (Å²) in [6.45, 7) is 1.69. The topological polar surface area (TPSA) is 77.0 Å². The molecule has 9 heteroatoms. The van der Waals surface area contributed by atoms with Crippen molar-refractivity contribution in [1.82, 2.24) is 5.32 Å². The molecule has 162 valence electrons. The fraction of sp³-hybridized carbons (Fsp3) is 0.318. The molecule has 2 aromatic rings. The zero-order valence-corrected chi connectivity index (χ0v) is 16.6. The molecular formula is C22H19F3N2O4. The molecule has 1 fully saturated rings. The number of hydrogen-bond acceptors (Lipinski definition) is 5. The van der Waals surface area contributed by atoms with E-state index in [2.05, 4.69) is 15.0 Å². The van der Waals surface area contributed by atoms with Crippen LogP contribution in [0.5, 0.6) is 0 Å². The van der Waals surface area contributed by atoms with Crippen LogP contribution in [0.2, 0.25) is 0 Å². The van der Waals surface area contributed by atoms with Crippen LogP contribution >= 0.6 is 0 Å². The van der Waals surface area contributed by atoms with Gasteiger partial charge in [-0.15, -0.1) is 0 Å². The summed E-state index contributed by atoms with van der Waals surface area (Å²) in [7, 11) is 1.14. The van der Waals surface area contributed by atoms with Crippen LogP contribution in [-0.4, -0.2) is 37.5 Å². The van der Waals surface area contributed by atoms with Gasteiger partial charge in [-0.2, -0.15) is 0 Å². The van der Waals surface area contributed by atoms with Gasteiger partial charge in [0.25, 0.3) is 18.4 Å². The molecular weight excluding hydrogens is 413 g/mol. The van der Waals surface area contributed by atoms with E-state index in [9.17, 15) is 22.8 Å². The van der Waals surface area contributed by atoms with Gasteiger partial charge in [-0.05, 0) is 30.3 Å². The molecule has 4 atom stereocenters. The Labute approximate surface area is 176 Å². The van der Waals surface area contributed by atoms with Crippen LogP contribution < -0.4 is 5.32 Å². The third-order valence-electron chi connectivity index (χ3n) is 5.75. The summed E-state index contributed by atoms with van der Waals surface area (Å²) in [5.74, 6) is -3.53. The molecule has 1 aliphatic carbocycles. The smallest absolute Gasteiger partial charge is 0.337 e. The highest BCUT2D eigenvalue weighted by atomic mass is 19.3. The number of nitrogens with zero attached hydrogens (tertiary/aromatic N) is 1. The SMILES string of the molecule is COC(=O)c1ccc(F)c([C@]2(C(F)F)N=C(NC(=O)c3ccccc3)O[C@H]3[C@@H](C)[C@H]32)c1. The number of methoxy groups -OCH3 is 1. The first-order valence-electron chi connectivity index (χ1n) is 9.59. The van der Waals surface area contributed by atoms with E-state index in [1.54, 1.807) is 37.3 Å². The third-order valence-corrected chi connectivity index (χ3v) is 5.75. The lowest BCUT2D eigenvalue weighted by Gasteiger charge is -2.34. The normalized spacial score (nSPS) is 26.4. The number of benzene rings is 2. The van der Waals surface area contributed by atoms with E-state index in [0.29, 0.717) is 0 Å². The fourth-order valence-electron chi connectivity index (χ4n) is 4.10. The highest BCUT2D eigenvalue weighted by Crippen LogP contribution is 2.59. The molecule has 0 aromatic heterocycles. The van der Waals surface area contributed by atoms with Crippen LogP contribution in [0, 0.1) is 17.7 Å². The summed E-state index contributed by atoms with van der Waals surface area (Å²) in [5.41, 5.74) is -2.57. The average Bonchev–Trinajstić information content (AvgIpc) is 3.43. The summed E-state index contributed by atoms with van der Waals surface area (Å²) < 4.78 is 54.2. The van der Waals surface area contributed by atoms with Crippen LogP contribution in [0.25, 0.3) is 0 Å². The van der Waals surface area contributed by atoms with Crippen molar-refractivity contribution in [3.63, 3.8) is 0 Å². The first-order chi connectivity index (χ1) is 14.8. The Morgan fingerprint density at radius 1 is 1.16 bits per heavy atom. The molecule has 1 amide bonds. The number of aliphatic imine (C=N–C) groups is 1. The molecule has 1 N–H and O–H groups in total. The van der Waals surface area contributed by atoms with Gasteiger partial charge in [0.15, 0.2) is 5.54 Å². The Hall–Kier alpha value is -3.36. The lowest BCUT2D eigenvalue weighted by atomic mass is 9.83. The summed E-state index contributed by atoms with van der Waals surface area (Å²) in [6.07, 6.45) is -3.81. The standard InChI is InChI=1S/C22H19F3N2O4/c1-11-16-17(11)31-21(26-18(28)12-6-4-3-5-7-12)27-22(16,20(24)25)14-10-13(19(29)30-2)8-9-15(14)23/h3-11,16-17,20H,1-2H3,(H,26,27,28)/t11-,16+,17-,22-/m0/s1. The molecule has 31 heavy (non-hydrogen) atoms. The second-order valence-electron chi connectivity index (χ2n) is 7.52. The average molecular weight is 432 g/mol. The predicted molar refractivity (Wildman–Crippen MR) is 104 cm³/mol. The first-order valence-corrected chi connectivity index (χ1v) is 9.59. The van der Waals surface area contributed by atoms with Gasteiger partial charge in [-0.3, -0.25) is 10.1 Å². The van der Waals surface area contributed by atoms with Gasteiger partial charge in [-0.1, -0.05) is 25.1 Å². The van der Waals surface area contributed by atoms with Gasteiger partial charge >= 0.3 is 5.97 Å². The van der Waals surface area contributed by atoms with E-state index in [1.165, 1.54) is 0 Å². The molecule has 6 nitrogen and oxygen atoms in total. The molecule has 0 radical (unpaired) electrons. The zero-order valence-electron chi connectivity index (χ0n) is 16.6. The lowest BCUT2D eigenvalue weighted by Crippen LogP contribution is -2.46. The van der Waals surface area contributed by atoms with Gasteiger partial charge in [-0.25, -0.2) is 23.0 Å². The molecule has 0 bridgehead atoms. The highest BCUT2D eigenvalue weighted by molar-refractivity contribution is 6.04. The molecule has 0 saturated heterocycles. The quantitative estimate of drug-likeness (QED) is 0.750. The summed E-state index contributed by atoms with van der Waals surface area (Å²) in [5, 5.41) is 2.40. The maximum Gasteiger partial charge on any atom is 0.337 e. The van der Waals surface area contributed by atoms with E-state index in [1.807, 2.05) is 0 Å². The Morgan fingerprint density at radius 2 is 1.87 bits per heavy atom. The maximum atomic E-state index is 14.8. The van der Waals surface area contributed by atoms with Crippen LogP contribution in [0.1, 0.15) is 33.2 Å². The van der Waals surface area contributed by atoms with Crippen molar-refractivity contribution in [1.29, 1.82) is 0 Å². The minimum Gasteiger partial charge on any atom is -0.465 e. The maximum absolute atomic E-state index is 14.8. The molecule has 1 aliphatic heterocycles. The minimum absolute atomic E-state index is 0.0830. The lowest BCUT2D eigenvalue weighted by molar-refractivity contribution is 0.0157. The van der Waals surface area contributed by atoms with Crippen LogP contribution in [0.15, 0.2) is 53.5 Å². The fourth-order valence-corrected chi connectivity index (χ4v) is 4.10. The molecule has 1 saturated carbocycles. The van der Waals surface area contributed by atoms with Crippen molar-refractivity contribution in [2.24, 2.45) is 16.8 Å². The number of ether oxygens (including phenoxy) is 2. The van der Waals surface area contributed by atoms with Gasteiger partial charge in [0.2, 0.25) is 0 Å². The van der Waals surface area contributed by atoms with Gasteiger partial charge in [0, 0.05) is 23.0 Å². The van der Waals surface area contributed by atoms with Crippen molar-refractivity contribution in [3.05, 3.63) is 71.0 Å². The number of halogens is 3. The number of nitrogens with one attached hydrogen (secondary N) is 1. The van der Waals surface area contributed by atoms with Gasteiger partial charge in [0.1, 0.15) is 11.9 Å². The Bertz CT molecular complexity index is 1060. The number of rotatable bonds is 4. The van der Waals surface area contributed by atoms with Crippen molar-refractivity contribution in [3.8, 4) is 0 Å². The molecule has 4 rings (SSSR count). The van der Waals surface area contributed by atoms with Crippen LogP contribution in [0.3, 0.4) is 0 Å². The predicted octanol–water partition coefficient (Wildman–Crippen LogP) is 3.52. The zero-order chi connectivity index (χ0) is 22.3. The van der Waals surface area contributed by atoms with Gasteiger partial charge < -0.3 is 9.47 Å². The van der Waals surface area contributed by atoms with E-state index >= 15 is 0 Å². The summed E-state index contributed by atoms with van der Waals surface area (Å²) in [6, 6.07) is 10.8. The van der Waals surface area contributed by atoms with Crippen molar-refractivity contribution in [2.45, 2.75) is 25.0 Å². The van der Waals surface area contributed by atoms with E-state index in [4.69, 9.17) is 4.74 Å². The summed E-state index contributed by atoms with van der Waals surface area (Å²) in [4.78, 5) is 28.4. The molecule has 1 heterocycles. The minimum atomic E-state index is -3.13. The molecule has 2 aromatic carbocycles. The second-order valence-corrected chi connectivity index (χ2v) is 7.52. The Morgan fingerprint density at radius 3 is 2.52 bits per heavy atom. The van der Waals surface area contributed by atoms with Crippen LogP contribution in [0.4, 0.5) is 13.2 Å². The monoisotopic (exact) mass is 432 g/mol. The number of esters is 1. The molecule has 0 spiro atoms. The molecule has 0 unspecified atom stereocenters. The second kappa shape index (κ2) is 7.72. The van der Waals surface area contributed by atoms with E-state index in [0.717, 1.165) is 25.3 Å². The number of carbonyl (C=O) groups is 2.